The van der Waals surface area contributed by atoms with Crippen LogP contribution in [0.15, 0.2) is 15.5 Å². The molecule has 0 bridgehead atoms. The van der Waals surface area contributed by atoms with Crippen LogP contribution in [0.3, 0.4) is 0 Å². The number of methoxy groups -OCH3 is 1. The zero-order chi connectivity index (χ0) is 14.0. The maximum absolute atomic E-state index is 10.8. The van der Waals surface area contributed by atoms with Gasteiger partial charge in [-0.3, -0.25) is 0 Å². The molecule has 0 radical (unpaired) electrons. The van der Waals surface area contributed by atoms with Crippen molar-refractivity contribution in [3.8, 4) is 5.75 Å². The second-order valence-corrected chi connectivity index (χ2v) is 6.00. The number of hydrogen-bond donors (Lipinski definition) is 0. The summed E-state index contributed by atoms with van der Waals surface area (Å²) in [6, 6.07) is 2.04. The van der Waals surface area contributed by atoms with Crippen molar-refractivity contribution in [2.75, 3.05) is 7.11 Å². The van der Waals surface area contributed by atoms with Gasteiger partial charge < -0.3 is 4.74 Å². The highest BCUT2D eigenvalue weighted by atomic mass is 79.9. The lowest BCUT2D eigenvalue weighted by atomic mass is 9.84. The van der Waals surface area contributed by atoms with E-state index in [2.05, 4.69) is 20.9 Å². The Morgan fingerprint density at radius 3 is 2.53 bits per heavy atom. The minimum absolute atomic E-state index is 0.425. The summed E-state index contributed by atoms with van der Waals surface area (Å²) in [5.41, 5.74) is 2.80. The zero-order valence-corrected chi connectivity index (χ0v) is 13.1. The van der Waals surface area contributed by atoms with Gasteiger partial charge in [-0.05, 0) is 43.9 Å². The average molecular weight is 324 g/mol. The molecule has 0 aliphatic heterocycles. The first kappa shape index (κ1) is 14.3. The van der Waals surface area contributed by atoms with Crippen molar-refractivity contribution in [2.24, 2.45) is 4.99 Å². The Morgan fingerprint density at radius 1 is 1.37 bits per heavy atom. The lowest BCUT2D eigenvalue weighted by Crippen LogP contribution is -2.21. The number of nitrogens with zero attached hydrogens (tertiary/aromatic N) is 1. The first-order valence-corrected chi connectivity index (χ1v) is 7.28. The Hall–Kier alpha value is -1.12. The number of ether oxygens (including phenoxy) is 1. The number of aliphatic imine (C=N–C) groups is 1. The molecule has 1 aliphatic rings. The van der Waals surface area contributed by atoms with E-state index >= 15 is 0 Å². The summed E-state index contributed by atoms with van der Waals surface area (Å²) in [5, 5.41) is 0. The van der Waals surface area contributed by atoms with E-state index in [-0.39, 0.29) is 0 Å². The predicted octanol–water partition coefficient (Wildman–Crippen LogP) is 4.18. The Kier molecular flexibility index (Phi) is 4.12. The second-order valence-electron chi connectivity index (χ2n) is 5.15. The molecule has 1 aromatic carbocycles. The van der Waals surface area contributed by atoms with Gasteiger partial charge in [0.2, 0.25) is 6.08 Å². The molecule has 3 nitrogen and oxygen atoms in total. The number of hydrogen-bond acceptors (Lipinski definition) is 3. The minimum atomic E-state index is -0.425. The van der Waals surface area contributed by atoms with Gasteiger partial charge in [-0.1, -0.05) is 28.8 Å². The molecule has 1 fully saturated rings. The van der Waals surface area contributed by atoms with Crippen LogP contribution in [0.2, 0.25) is 0 Å². The molecule has 0 atom stereocenters. The summed E-state index contributed by atoms with van der Waals surface area (Å²) < 4.78 is 6.50. The normalized spacial score (nSPS) is 17.1. The van der Waals surface area contributed by atoms with Gasteiger partial charge in [-0.2, -0.15) is 4.99 Å². The van der Waals surface area contributed by atoms with E-state index in [4.69, 9.17) is 4.74 Å². The van der Waals surface area contributed by atoms with Crippen molar-refractivity contribution in [3.63, 3.8) is 0 Å². The molecule has 0 spiro atoms. The van der Waals surface area contributed by atoms with Crippen LogP contribution in [0.1, 0.15) is 42.4 Å². The van der Waals surface area contributed by atoms with E-state index in [1.165, 1.54) is 0 Å². The molecule has 0 saturated heterocycles. The van der Waals surface area contributed by atoms with E-state index in [1.54, 1.807) is 13.2 Å². The molecule has 1 aliphatic carbocycles. The molecule has 2 rings (SSSR count). The van der Waals surface area contributed by atoms with E-state index < -0.39 is 5.54 Å². The molecular formula is C15H18BrNO2. The summed E-state index contributed by atoms with van der Waals surface area (Å²) >= 11 is 3.63. The summed E-state index contributed by atoms with van der Waals surface area (Å²) in [5.74, 6) is 0.880. The summed E-state index contributed by atoms with van der Waals surface area (Å²) in [7, 11) is 1.68. The Labute approximate surface area is 122 Å². The first-order valence-electron chi connectivity index (χ1n) is 6.49. The molecule has 0 heterocycles. The van der Waals surface area contributed by atoms with Crippen LogP contribution in [0.5, 0.6) is 5.75 Å². The van der Waals surface area contributed by atoms with Crippen molar-refractivity contribution in [3.05, 3.63) is 27.2 Å². The molecule has 4 heteroatoms. The lowest BCUT2D eigenvalue weighted by Gasteiger charge is -2.28. The number of halogens is 1. The summed E-state index contributed by atoms with van der Waals surface area (Å²) in [6.07, 6.45) is 5.74. The number of isocyanates is 1. The second kappa shape index (κ2) is 5.48. The van der Waals surface area contributed by atoms with Gasteiger partial charge in [0.05, 0.1) is 12.6 Å². The van der Waals surface area contributed by atoms with Crippen molar-refractivity contribution < 1.29 is 9.53 Å². The van der Waals surface area contributed by atoms with Gasteiger partial charge in [0, 0.05) is 10.0 Å². The average Bonchev–Trinajstić information content (AvgIpc) is 2.78. The molecule has 0 unspecified atom stereocenters. The van der Waals surface area contributed by atoms with Crippen LogP contribution < -0.4 is 4.74 Å². The maximum atomic E-state index is 10.8. The molecule has 1 aromatic rings. The largest absolute Gasteiger partial charge is 0.496 e. The highest BCUT2D eigenvalue weighted by Crippen LogP contribution is 2.48. The Morgan fingerprint density at radius 2 is 2.00 bits per heavy atom. The molecule has 0 N–H and O–H groups in total. The van der Waals surface area contributed by atoms with Gasteiger partial charge in [-0.25, -0.2) is 4.79 Å². The van der Waals surface area contributed by atoms with Crippen LogP contribution in [0.25, 0.3) is 0 Å². The van der Waals surface area contributed by atoms with Gasteiger partial charge in [0.1, 0.15) is 5.75 Å². The summed E-state index contributed by atoms with van der Waals surface area (Å²) in [4.78, 5) is 15.0. The van der Waals surface area contributed by atoms with E-state index in [0.29, 0.717) is 0 Å². The number of aryl methyl sites for hydroxylation is 1. The van der Waals surface area contributed by atoms with Crippen LogP contribution in [0, 0.1) is 13.8 Å². The number of carbonyl (C=O) groups excluding carboxylic acids is 1. The van der Waals surface area contributed by atoms with Crippen LogP contribution in [0.4, 0.5) is 0 Å². The van der Waals surface area contributed by atoms with Gasteiger partial charge in [-0.15, -0.1) is 0 Å². The Balaban J connectivity index is 2.70. The zero-order valence-electron chi connectivity index (χ0n) is 11.5. The molecule has 0 amide bonds. The standard InChI is InChI=1S/C15H18BrNO2/c1-10-8-12(16)13(11(2)14(10)19-3)15(17-9-18)6-4-5-7-15/h8H,4-7H2,1-3H3. The van der Waals surface area contributed by atoms with E-state index in [1.807, 2.05) is 19.9 Å². The van der Waals surface area contributed by atoms with E-state index in [9.17, 15) is 4.79 Å². The monoisotopic (exact) mass is 323 g/mol. The molecule has 0 aromatic heterocycles. The van der Waals surface area contributed by atoms with Crippen molar-refractivity contribution in [1.29, 1.82) is 0 Å². The van der Waals surface area contributed by atoms with Crippen LogP contribution in [-0.4, -0.2) is 13.2 Å². The number of rotatable bonds is 3. The fraction of sp³-hybridized carbons (Fsp3) is 0.533. The molecule has 102 valence electrons. The third kappa shape index (κ3) is 2.35. The summed E-state index contributed by atoms with van der Waals surface area (Å²) in [6.45, 7) is 4.05. The van der Waals surface area contributed by atoms with Crippen LogP contribution in [-0.2, 0) is 10.3 Å². The van der Waals surface area contributed by atoms with Gasteiger partial charge >= 0.3 is 0 Å². The number of benzene rings is 1. The molecule has 19 heavy (non-hydrogen) atoms. The minimum Gasteiger partial charge on any atom is -0.496 e. The topological polar surface area (TPSA) is 38.7 Å². The smallest absolute Gasteiger partial charge is 0.235 e. The van der Waals surface area contributed by atoms with Gasteiger partial charge in [0.25, 0.3) is 0 Å². The SMILES string of the molecule is COc1c(C)cc(Br)c(C2(N=C=O)CCCC2)c1C. The van der Waals surface area contributed by atoms with Gasteiger partial charge in [0.15, 0.2) is 0 Å². The van der Waals surface area contributed by atoms with Crippen LogP contribution >= 0.6 is 15.9 Å². The van der Waals surface area contributed by atoms with E-state index in [0.717, 1.165) is 52.6 Å². The molecule has 1 saturated carbocycles. The fourth-order valence-electron chi connectivity index (χ4n) is 3.27. The Bertz CT molecular complexity index is 542. The third-order valence-corrected chi connectivity index (χ3v) is 4.64. The quantitative estimate of drug-likeness (QED) is 0.618. The third-order valence-electron chi connectivity index (χ3n) is 4.02. The highest BCUT2D eigenvalue weighted by molar-refractivity contribution is 9.10. The van der Waals surface area contributed by atoms with Crippen molar-refractivity contribution >= 4 is 22.0 Å². The predicted molar refractivity (Wildman–Crippen MR) is 78.4 cm³/mol. The highest BCUT2D eigenvalue weighted by Gasteiger charge is 2.39. The maximum Gasteiger partial charge on any atom is 0.235 e. The van der Waals surface area contributed by atoms with Crippen molar-refractivity contribution in [2.45, 2.75) is 45.1 Å². The lowest BCUT2D eigenvalue weighted by molar-refractivity contribution is 0.400. The fourth-order valence-corrected chi connectivity index (χ4v) is 4.28. The first-order chi connectivity index (χ1) is 9.05. The molecular weight excluding hydrogens is 306 g/mol. The van der Waals surface area contributed by atoms with Crippen molar-refractivity contribution in [1.82, 2.24) is 0 Å².